The molecule has 30 heavy (non-hydrogen) atoms. The standard InChI is InChI=1S/C20H18F2N8/c1-30(2)20-25-6-11(7-26-20)17-18-14(28-29-17)9-24-19(27-18)15-13(21)5-10-3-4-23-8-12(10)16(15)22/h5-7,9,23H,3-4,8H2,1-2H3,(H,28,29). The van der Waals surface area contributed by atoms with Crippen molar-refractivity contribution >= 4 is 17.0 Å². The van der Waals surface area contributed by atoms with Gasteiger partial charge in [-0.3, -0.25) is 5.10 Å². The first-order chi connectivity index (χ1) is 14.5. The Morgan fingerprint density at radius 1 is 1.07 bits per heavy atom. The first-order valence-corrected chi connectivity index (χ1v) is 9.44. The van der Waals surface area contributed by atoms with E-state index in [2.05, 4.69) is 35.5 Å². The molecule has 5 rings (SSSR count). The lowest BCUT2D eigenvalue weighted by Crippen LogP contribution is -2.25. The van der Waals surface area contributed by atoms with Gasteiger partial charge in [-0.15, -0.1) is 0 Å². The van der Waals surface area contributed by atoms with Crippen LogP contribution in [0.1, 0.15) is 11.1 Å². The molecule has 0 radical (unpaired) electrons. The van der Waals surface area contributed by atoms with Gasteiger partial charge in [0.05, 0.1) is 11.8 Å². The molecule has 8 nitrogen and oxygen atoms in total. The average molecular weight is 408 g/mol. The summed E-state index contributed by atoms with van der Waals surface area (Å²) in [6, 6.07) is 1.38. The minimum absolute atomic E-state index is 0.0284. The van der Waals surface area contributed by atoms with Crippen LogP contribution in [0.25, 0.3) is 33.7 Å². The number of aromatic nitrogens is 6. The van der Waals surface area contributed by atoms with E-state index in [0.29, 0.717) is 58.9 Å². The Hall–Kier alpha value is -3.53. The van der Waals surface area contributed by atoms with Crippen LogP contribution in [0.15, 0.2) is 24.7 Å². The molecule has 0 fully saturated rings. The largest absolute Gasteiger partial charge is 0.347 e. The van der Waals surface area contributed by atoms with Crippen LogP contribution in [-0.2, 0) is 13.0 Å². The van der Waals surface area contributed by atoms with Crippen LogP contribution < -0.4 is 10.2 Å². The summed E-state index contributed by atoms with van der Waals surface area (Å²) in [7, 11) is 3.69. The van der Waals surface area contributed by atoms with E-state index >= 15 is 4.39 Å². The van der Waals surface area contributed by atoms with Gasteiger partial charge in [0.15, 0.2) is 5.82 Å². The number of nitrogens with one attached hydrogen (secondary N) is 2. The van der Waals surface area contributed by atoms with Crippen LogP contribution in [0, 0.1) is 11.6 Å². The SMILES string of the molecule is CN(C)c1ncc(-c2n[nH]c3cnc(-c4c(F)cc5c(c4F)CNCC5)nc23)cn1. The smallest absolute Gasteiger partial charge is 0.224 e. The number of aromatic amines is 1. The van der Waals surface area contributed by atoms with Crippen LogP contribution >= 0.6 is 0 Å². The Labute approximate surface area is 170 Å². The van der Waals surface area contributed by atoms with Gasteiger partial charge in [-0.2, -0.15) is 5.10 Å². The van der Waals surface area contributed by atoms with Gasteiger partial charge in [0, 0.05) is 44.2 Å². The second-order valence-electron chi connectivity index (χ2n) is 7.31. The molecule has 4 aromatic rings. The zero-order valence-corrected chi connectivity index (χ0v) is 16.4. The maximum Gasteiger partial charge on any atom is 0.224 e. The van der Waals surface area contributed by atoms with Crippen molar-refractivity contribution < 1.29 is 8.78 Å². The summed E-state index contributed by atoms with van der Waals surface area (Å²) in [4.78, 5) is 19.0. The van der Waals surface area contributed by atoms with E-state index in [1.165, 1.54) is 12.3 Å². The molecule has 0 spiro atoms. The number of hydrogen-bond acceptors (Lipinski definition) is 7. The Morgan fingerprint density at radius 3 is 2.63 bits per heavy atom. The number of fused-ring (bicyclic) bond motifs is 2. The number of hydrogen-bond donors (Lipinski definition) is 2. The number of benzene rings is 1. The fraction of sp³-hybridized carbons (Fsp3) is 0.250. The van der Waals surface area contributed by atoms with Crippen molar-refractivity contribution in [3.63, 3.8) is 0 Å². The fourth-order valence-electron chi connectivity index (χ4n) is 3.57. The molecule has 10 heteroatoms. The highest BCUT2D eigenvalue weighted by Crippen LogP contribution is 2.32. The lowest BCUT2D eigenvalue weighted by Gasteiger charge is -2.19. The van der Waals surface area contributed by atoms with Crippen LogP contribution in [-0.4, -0.2) is 50.8 Å². The summed E-state index contributed by atoms with van der Waals surface area (Å²) in [5, 5.41) is 10.2. The third kappa shape index (κ3) is 2.96. The molecular weight excluding hydrogens is 390 g/mol. The van der Waals surface area contributed by atoms with Crippen molar-refractivity contribution in [1.82, 2.24) is 35.5 Å². The normalized spacial score (nSPS) is 13.5. The molecule has 152 valence electrons. The molecular formula is C20H18F2N8. The third-order valence-corrected chi connectivity index (χ3v) is 5.12. The van der Waals surface area contributed by atoms with Gasteiger partial charge < -0.3 is 10.2 Å². The minimum Gasteiger partial charge on any atom is -0.347 e. The van der Waals surface area contributed by atoms with Gasteiger partial charge in [-0.05, 0) is 24.6 Å². The summed E-state index contributed by atoms with van der Waals surface area (Å²) in [5.74, 6) is -0.767. The quantitative estimate of drug-likeness (QED) is 0.538. The molecule has 0 bridgehead atoms. The van der Waals surface area contributed by atoms with Gasteiger partial charge in [0.2, 0.25) is 5.95 Å². The van der Waals surface area contributed by atoms with Crippen molar-refractivity contribution in [2.75, 3.05) is 25.5 Å². The maximum absolute atomic E-state index is 15.2. The maximum atomic E-state index is 15.2. The highest BCUT2D eigenvalue weighted by Gasteiger charge is 2.24. The summed E-state index contributed by atoms with van der Waals surface area (Å²) < 4.78 is 30.0. The second kappa shape index (κ2) is 7.06. The monoisotopic (exact) mass is 408 g/mol. The zero-order valence-electron chi connectivity index (χ0n) is 16.4. The van der Waals surface area contributed by atoms with Crippen molar-refractivity contribution in [3.8, 4) is 22.6 Å². The van der Waals surface area contributed by atoms with E-state index < -0.39 is 11.6 Å². The molecule has 0 aliphatic carbocycles. The summed E-state index contributed by atoms with van der Waals surface area (Å²) in [5.41, 5.74) is 3.01. The molecule has 0 atom stereocenters. The molecule has 0 saturated carbocycles. The van der Waals surface area contributed by atoms with Crippen molar-refractivity contribution in [2.45, 2.75) is 13.0 Å². The van der Waals surface area contributed by atoms with Gasteiger partial charge in [0.25, 0.3) is 0 Å². The molecule has 1 aliphatic heterocycles. The van der Waals surface area contributed by atoms with E-state index in [4.69, 9.17) is 0 Å². The van der Waals surface area contributed by atoms with E-state index in [0.717, 1.165) is 0 Å². The lowest BCUT2D eigenvalue weighted by molar-refractivity contribution is 0.542. The molecule has 0 unspecified atom stereocenters. The molecule has 1 aliphatic rings. The van der Waals surface area contributed by atoms with Crippen molar-refractivity contribution in [1.29, 1.82) is 0 Å². The topological polar surface area (TPSA) is 95.5 Å². The van der Waals surface area contributed by atoms with Gasteiger partial charge in [-0.25, -0.2) is 28.7 Å². The van der Waals surface area contributed by atoms with E-state index in [9.17, 15) is 4.39 Å². The third-order valence-electron chi connectivity index (χ3n) is 5.12. The van der Waals surface area contributed by atoms with E-state index in [1.807, 2.05) is 14.1 Å². The first-order valence-electron chi connectivity index (χ1n) is 9.44. The molecule has 1 aromatic carbocycles. The number of H-pyrrole nitrogens is 1. The van der Waals surface area contributed by atoms with Crippen molar-refractivity contribution in [3.05, 3.63) is 47.4 Å². The summed E-state index contributed by atoms with van der Waals surface area (Å²) >= 11 is 0. The fourth-order valence-corrected chi connectivity index (χ4v) is 3.57. The number of anilines is 1. The summed E-state index contributed by atoms with van der Waals surface area (Å²) in [6.07, 6.45) is 5.31. The molecule has 4 heterocycles. The molecule has 0 amide bonds. The van der Waals surface area contributed by atoms with Crippen LogP contribution in [0.4, 0.5) is 14.7 Å². The Kier molecular flexibility index (Phi) is 4.35. The summed E-state index contributed by atoms with van der Waals surface area (Å²) in [6.45, 7) is 1.05. The molecule has 2 N–H and O–H groups in total. The van der Waals surface area contributed by atoms with Crippen LogP contribution in [0.3, 0.4) is 0 Å². The number of halogens is 2. The van der Waals surface area contributed by atoms with E-state index in [-0.39, 0.29) is 11.4 Å². The number of rotatable bonds is 3. The second-order valence-corrected chi connectivity index (χ2v) is 7.31. The highest BCUT2D eigenvalue weighted by molar-refractivity contribution is 5.89. The lowest BCUT2D eigenvalue weighted by atomic mass is 9.96. The first kappa shape index (κ1) is 18.5. The predicted molar refractivity (Wildman–Crippen MR) is 108 cm³/mol. The molecule has 3 aromatic heterocycles. The van der Waals surface area contributed by atoms with Crippen molar-refractivity contribution in [2.24, 2.45) is 0 Å². The van der Waals surface area contributed by atoms with Gasteiger partial charge in [-0.1, -0.05) is 0 Å². The van der Waals surface area contributed by atoms with Gasteiger partial charge in [0.1, 0.15) is 28.4 Å². The van der Waals surface area contributed by atoms with Gasteiger partial charge >= 0.3 is 0 Å². The number of nitrogens with zero attached hydrogens (tertiary/aromatic N) is 6. The Bertz CT molecular complexity index is 1250. The predicted octanol–water partition coefficient (Wildman–Crippen LogP) is 2.47. The minimum atomic E-state index is -0.670. The van der Waals surface area contributed by atoms with Crippen LogP contribution in [0.5, 0.6) is 0 Å². The van der Waals surface area contributed by atoms with E-state index in [1.54, 1.807) is 17.3 Å². The molecule has 0 saturated heterocycles. The van der Waals surface area contributed by atoms with Crippen LogP contribution in [0.2, 0.25) is 0 Å². The highest BCUT2D eigenvalue weighted by atomic mass is 19.1. The average Bonchev–Trinajstić information content (AvgIpc) is 3.17. The Balaban J connectivity index is 1.63. The zero-order chi connectivity index (χ0) is 20.8. The Morgan fingerprint density at radius 2 is 1.87 bits per heavy atom.